The molecule has 0 bridgehead atoms. The van der Waals surface area contributed by atoms with Crippen molar-refractivity contribution in [3.8, 4) is 0 Å². The third-order valence-electron chi connectivity index (χ3n) is 9.64. The number of aliphatic carboxylic acids is 1. The normalized spacial score (nSPS) is 46.9. The van der Waals surface area contributed by atoms with Gasteiger partial charge in [0.05, 0.1) is 0 Å². The van der Waals surface area contributed by atoms with Gasteiger partial charge in [-0.3, -0.25) is 4.79 Å². The van der Waals surface area contributed by atoms with Crippen LogP contribution < -0.4 is 0 Å². The first-order chi connectivity index (χ1) is 12.4. The van der Waals surface area contributed by atoms with Crippen molar-refractivity contribution < 1.29 is 9.90 Å². The molecule has 26 heavy (non-hydrogen) atoms. The predicted molar refractivity (Wildman–Crippen MR) is 106 cm³/mol. The maximum absolute atomic E-state index is 11.3. The van der Waals surface area contributed by atoms with Crippen molar-refractivity contribution >= 4 is 5.97 Å². The van der Waals surface area contributed by atoms with Crippen LogP contribution in [-0.4, -0.2) is 11.1 Å². The second kappa shape index (κ2) is 6.24. The topological polar surface area (TPSA) is 37.3 Å². The first kappa shape index (κ1) is 18.3. The van der Waals surface area contributed by atoms with Crippen molar-refractivity contribution in [3.05, 3.63) is 23.8 Å². The van der Waals surface area contributed by atoms with Gasteiger partial charge in [-0.2, -0.15) is 0 Å². The average molecular weight is 357 g/mol. The van der Waals surface area contributed by atoms with Crippen LogP contribution in [0.4, 0.5) is 0 Å². The van der Waals surface area contributed by atoms with Crippen LogP contribution in [0.5, 0.6) is 0 Å². The first-order valence-corrected chi connectivity index (χ1v) is 11.0. The smallest absolute Gasteiger partial charge is 0.303 e. The van der Waals surface area contributed by atoms with Crippen LogP contribution in [-0.2, 0) is 4.79 Å². The fourth-order valence-corrected chi connectivity index (χ4v) is 8.08. The Morgan fingerprint density at radius 2 is 1.96 bits per heavy atom. The summed E-state index contributed by atoms with van der Waals surface area (Å²) in [4.78, 5) is 11.3. The summed E-state index contributed by atoms with van der Waals surface area (Å²) in [6, 6.07) is 0. The van der Waals surface area contributed by atoms with Crippen molar-refractivity contribution in [2.24, 2.45) is 34.0 Å². The van der Waals surface area contributed by atoms with Crippen LogP contribution in [0.15, 0.2) is 23.8 Å². The standard InChI is InChI=1S/C24H36O2/c1-4-24(16-12-21(25)26)15-11-20-18-9-8-17-7-5-6-13-22(17,2)19(18)10-14-23(20,24)3/h6-7,13,18-20H,4-5,8-12,14-16H2,1-3H3,(H,25,26)/t18-,19+,20+,22+,23+,24+/m1/s1. The van der Waals surface area contributed by atoms with E-state index in [0.29, 0.717) is 17.3 Å². The van der Waals surface area contributed by atoms with Crippen LogP contribution in [0.25, 0.3) is 0 Å². The van der Waals surface area contributed by atoms with E-state index in [-0.39, 0.29) is 5.41 Å². The van der Waals surface area contributed by atoms with Crippen molar-refractivity contribution in [2.75, 3.05) is 0 Å². The maximum Gasteiger partial charge on any atom is 0.303 e. The van der Waals surface area contributed by atoms with Gasteiger partial charge in [0.25, 0.3) is 0 Å². The maximum atomic E-state index is 11.3. The molecule has 3 saturated carbocycles. The second-order valence-corrected chi connectivity index (χ2v) is 10.1. The summed E-state index contributed by atoms with van der Waals surface area (Å²) in [5.41, 5.74) is 2.59. The lowest BCUT2D eigenvalue weighted by Gasteiger charge is -2.59. The van der Waals surface area contributed by atoms with Gasteiger partial charge in [-0.15, -0.1) is 0 Å². The van der Waals surface area contributed by atoms with Crippen LogP contribution >= 0.6 is 0 Å². The van der Waals surface area contributed by atoms with Crippen molar-refractivity contribution in [1.29, 1.82) is 0 Å². The fourth-order valence-electron chi connectivity index (χ4n) is 8.08. The summed E-state index contributed by atoms with van der Waals surface area (Å²) < 4.78 is 0. The summed E-state index contributed by atoms with van der Waals surface area (Å²) in [6.07, 6.45) is 18.7. The molecule has 2 nitrogen and oxygen atoms in total. The minimum atomic E-state index is -0.620. The molecule has 0 aromatic carbocycles. The minimum Gasteiger partial charge on any atom is -0.481 e. The van der Waals surface area contributed by atoms with Gasteiger partial charge in [0.15, 0.2) is 0 Å². The van der Waals surface area contributed by atoms with Gasteiger partial charge in [-0.25, -0.2) is 0 Å². The minimum absolute atomic E-state index is 0.250. The number of carbonyl (C=O) groups is 1. The predicted octanol–water partition coefficient (Wildman–Crippen LogP) is 6.38. The molecule has 2 heteroatoms. The van der Waals surface area contributed by atoms with Gasteiger partial charge in [-0.1, -0.05) is 44.6 Å². The second-order valence-electron chi connectivity index (χ2n) is 10.1. The zero-order valence-corrected chi connectivity index (χ0v) is 16.9. The number of hydrogen-bond acceptors (Lipinski definition) is 1. The van der Waals surface area contributed by atoms with Gasteiger partial charge in [0, 0.05) is 11.8 Å². The quantitative estimate of drug-likeness (QED) is 0.594. The third-order valence-corrected chi connectivity index (χ3v) is 9.64. The summed E-state index contributed by atoms with van der Waals surface area (Å²) in [5, 5.41) is 9.30. The average Bonchev–Trinajstić information content (AvgIpc) is 2.92. The van der Waals surface area contributed by atoms with Gasteiger partial charge in [0.1, 0.15) is 0 Å². The summed E-state index contributed by atoms with van der Waals surface area (Å²) in [6.45, 7) is 7.35. The molecule has 0 aromatic heterocycles. The molecule has 0 unspecified atom stereocenters. The van der Waals surface area contributed by atoms with E-state index in [1.54, 1.807) is 5.57 Å². The van der Waals surface area contributed by atoms with E-state index in [9.17, 15) is 9.90 Å². The zero-order chi connectivity index (χ0) is 18.6. The number of allylic oxidation sites excluding steroid dienone is 4. The Labute approximate surface area is 159 Å². The highest BCUT2D eigenvalue weighted by atomic mass is 16.4. The molecule has 0 radical (unpaired) electrons. The fraction of sp³-hybridized carbons (Fsp3) is 0.792. The van der Waals surface area contributed by atoms with Gasteiger partial charge in [0.2, 0.25) is 0 Å². The monoisotopic (exact) mass is 356 g/mol. The highest BCUT2D eigenvalue weighted by Gasteiger charge is 2.62. The molecule has 6 atom stereocenters. The number of hydrogen-bond donors (Lipinski definition) is 1. The van der Waals surface area contributed by atoms with Gasteiger partial charge in [-0.05, 0) is 86.4 Å². The van der Waals surface area contributed by atoms with E-state index in [0.717, 1.165) is 37.0 Å². The van der Waals surface area contributed by atoms with Crippen LogP contribution in [0.3, 0.4) is 0 Å². The summed E-state index contributed by atoms with van der Waals surface area (Å²) in [7, 11) is 0. The van der Waals surface area contributed by atoms with Crippen LogP contribution in [0.1, 0.15) is 85.0 Å². The molecular formula is C24H36O2. The van der Waals surface area contributed by atoms with Crippen molar-refractivity contribution in [3.63, 3.8) is 0 Å². The Morgan fingerprint density at radius 3 is 2.69 bits per heavy atom. The molecule has 4 aliphatic carbocycles. The molecular weight excluding hydrogens is 320 g/mol. The number of rotatable bonds is 4. The molecule has 1 N–H and O–H groups in total. The third kappa shape index (κ3) is 2.39. The van der Waals surface area contributed by atoms with Gasteiger partial charge >= 0.3 is 5.97 Å². The Bertz CT molecular complexity index is 647. The lowest BCUT2D eigenvalue weighted by Crippen LogP contribution is -2.51. The number of carboxylic acid groups (broad SMARTS) is 1. The molecule has 0 amide bonds. The first-order valence-electron chi connectivity index (χ1n) is 11.0. The van der Waals surface area contributed by atoms with Gasteiger partial charge < -0.3 is 5.11 Å². The molecule has 4 rings (SSSR count). The molecule has 0 spiro atoms. The molecule has 4 aliphatic rings. The highest BCUT2D eigenvalue weighted by molar-refractivity contribution is 5.66. The zero-order valence-electron chi connectivity index (χ0n) is 16.9. The molecule has 0 aliphatic heterocycles. The van der Waals surface area contributed by atoms with E-state index < -0.39 is 5.97 Å². The summed E-state index contributed by atoms with van der Waals surface area (Å²) in [5.74, 6) is 1.80. The van der Waals surface area contributed by atoms with E-state index in [1.807, 2.05) is 0 Å². The Morgan fingerprint density at radius 1 is 1.19 bits per heavy atom. The van der Waals surface area contributed by atoms with Crippen molar-refractivity contribution in [2.45, 2.75) is 85.0 Å². The highest BCUT2D eigenvalue weighted by Crippen LogP contribution is 2.71. The molecule has 0 saturated heterocycles. The molecule has 0 aromatic rings. The largest absolute Gasteiger partial charge is 0.481 e. The van der Waals surface area contributed by atoms with E-state index >= 15 is 0 Å². The van der Waals surface area contributed by atoms with E-state index in [2.05, 4.69) is 39.0 Å². The Kier molecular flexibility index (Phi) is 4.40. The number of carboxylic acids is 1. The van der Waals surface area contributed by atoms with Crippen LogP contribution in [0, 0.1) is 34.0 Å². The molecule has 144 valence electrons. The Balaban J connectivity index is 1.64. The van der Waals surface area contributed by atoms with E-state index in [4.69, 9.17) is 0 Å². The lowest BCUT2D eigenvalue weighted by molar-refractivity contribution is -0.139. The summed E-state index contributed by atoms with van der Waals surface area (Å²) >= 11 is 0. The lowest BCUT2D eigenvalue weighted by atomic mass is 9.45. The Hall–Kier alpha value is -1.05. The van der Waals surface area contributed by atoms with Crippen molar-refractivity contribution in [1.82, 2.24) is 0 Å². The molecule has 3 fully saturated rings. The van der Waals surface area contributed by atoms with Crippen LogP contribution in [0.2, 0.25) is 0 Å². The SMILES string of the molecule is CC[C@@]1(CCC(=O)O)CC[C@H]2[C@@H]3CCC4=CCC=C[C@]4(C)[C@H]3CC[C@@]21C. The van der Waals surface area contributed by atoms with E-state index in [1.165, 1.54) is 38.5 Å². The number of fused-ring (bicyclic) bond motifs is 5. The molecule has 0 heterocycles.